The van der Waals surface area contributed by atoms with Gasteiger partial charge in [0.1, 0.15) is 5.75 Å². The molecule has 146 valence electrons. The molecule has 0 fully saturated rings. The number of ether oxygens (including phenoxy) is 1. The number of hydrogen-bond donors (Lipinski definition) is 2. The van der Waals surface area contributed by atoms with Crippen LogP contribution in [-0.4, -0.2) is 24.6 Å². The molecule has 0 aliphatic heterocycles. The third kappa shape index (κ3) is 6.64. The summed E-state index contributed by atoms with van der Waals surface area (Å²) in [5.41, 5.74) is 1.56. The summed E-state index contributed by atoms with van der Waals surface area (Å²) in [5.74, 6) is 0.00318. The van der Waals surface area contributed by atoms with Crippen LogP contribution >= 0.6 is 0 Å². The fourth-order valence-electron chi connectivity index (χ4n) is 2.62. The normalized spacial score (nSPS) is 12.7. The van der Waals surface area contributed by atoms with E-state index >= 15 is 0 Å². The van der Waals surface area contributed by atoms with E-state index in [4.69, 9.17) is 0 Å². The molecule has 2 rings (SSSR count). The van der Waals surface area contributed by atoms with Crippen LogP contribution in [0.2, 0.25) is 0 Å². The number of carbonyl (C=O) groups excluding carboxylic acids is 1. The van der Waals surface area contributed by atoms with Crippen LogP contribution in [0.1, 0.15) is 44.4 Å². The number of amides is 1. The second-order valence-corrected chi connectivity index (χ2v) is 6.96. The lowest BCUT2D eigenvalue weighted by molar-refractivity contribution is -0.121. The fourth-order valence-corrected chi connectivity index (χ4v) is 2.62. The largest absolute Gasteiger partial charge is 0.435 e. The van der Waals surface area contributed by atoms with Gasteiger partial charge in [-0.3, -0.25) is 10.1 Å². The summed E-state index contributed by atoms with van der Waals surface area (Å²) in [4.78, 5) is 12.3. The van der Waals surface area contributed by atoms with Crippen LogP contribution in [0.5, 0.6) is 5.75 Å². The average Bonchev–Trinajstić information content (AvgIpc) is 2.63. The predicted octanol–water partition coefficient (Wildman–Crippen LogP) is 4.27. The fraction of sp³-hybridized carbons (Fsp3) is 0.381. The second-order valence-electron chi connectivity index (χ2n) is 6.96. The number of hydrogen-bond acceptors (Lipinski definition) is 3. The van der Waals surface area contributed by atoms with Gasteiger partial charge in [0.15, 0.2) is 0 Å². The number of alkyl halides is 2. The number of halogens is 2. The Kier molecular flexibility index (Phi) is 7.30. The monoisotopic (exact) mass is 376 g/mol. The summed E-state index contributed by atoms with van der Waals surface area (Å²) >= 11 is 0. The average molecular weight is 376 g/mol. The Morgan fingerprint density at radius 3 is 2.19 bits per heavy atom. The molecule has 0 bridgehead atoms. The molecule has 4 nitrogen and oxygen atoms in total. The molecule has 0 saturated heterocycles. The van der Waals surface area contributed by atoms with Crippen molar-refractivity contribution in [3.05, 3.63) is 65.7 Å². The van der Waals surface area contributed by atoms with E-state index < -0.39 is 6.61 Å². The first kappa shape index (κ1) is 20.8. The van der Waals surface area contributed by atoms with E-state index in [2.05, 4.69) is 15.4 Å². The van der Waals surface area contributed by atoms with Crippen LogP contribution in [0, 0.1) is 0 Å². The van der Waals surface area contributed by atoms with E-state index in [-0.39, 0.29) is 29.8 Å². The van der Waals surface area contributed by atoms with E-state index in [1.807, 2.05) is 51.1 Å². The van der Waals surface area contributed by atoms with E-state index in [1.54, 1.807) is 12.1 Å². The summed E-state index contributed by atoms with van der Waals surface area (Å²) in [6, 6.07) is 15.8. The molecule has 0 radical (unpaired) electrons. The third-order valence-electron chi connectivity index (χ3n) is 4.40. The molecule has 0 aliphatic carbocycles. The van der Waals surface area contributed by atoms with Crippen LogP contribution in [0.4, 0.5) is 8.78 Å². The highest BCUT2D eigenvalue weighted by atomic mass is 19.3. The van der Waals surface area contributed by atoms with Gasteiger partial charge in [-0.05, 0) is 43.5 Å². The molecular weight excluding hydrogens is 350 g/mol. The van der Waals surface area contributed by atoms with Crippen molar-refractivity contribution in [1.29, 1.82) is 0 Å². The maximum absolute atomic E-state index is 12.3. The number of rotatable bonds is 9. The maximum atomic E-state index is 12.3. The number of nitrogens with one attached hydrogen (secondary N) is 2. The predicted molar refractivity (Wildman–Crippen MR) is 102 cm³/mol. The van der Waals surface area contributed by atoms with Crippen molar-refractivity contribution < 1.29 is 18.3 Å². The quantitative estimate of drug-likeness (QED) is 0.687. The van der Waals surface area contributed by atoms with Gasteiger partial charge in [-0.1, -0.05) is 49.4 Å². The Bertz CT molecular complexity index is 719. The molecule has 1 atom stereocenters. The number of benzene rings is 2. The van der Waals surface area contributed by atoms with Crippen LogP contribution in [0.25, 0.3) is 0 Å². The molecular formula is C21H26F2N2O2. The Labute approximate surface area is 158 Å². The molecule has 2 aromatic carbocycles. The maximum Gasteiger partial charge on any atom is 0.387 e. The molecule has 6 heteroatoms. The Morgan fingerprint density at radius 2 is 1.63 bits per heavy atom. The molecule has 1 unspecified atom stereocenters. The van der Waals surface area contributed by atoms with Crippen molar-refractivity contribution >= 4 is 5.91 Å². The van der Waals surface area contributed by atoms with Crippen LogP contribution in [0.3, 0.4) is 0 Å². The van der Waals surface area contributed by atoms with Crippen molar-refractivity contribution in [2.75, 3.05) is 6.54 Å². The summed E-state index contributed by atoms with van der Waals surface area (Å²) in [7, 11) is 0. The Balaban J connectivity index is 2.14. The van der Waals surface area contributed by atoms with Gasteiger partial charge >= 0.3 is 6.61 Å². The lowest BCUT2D eigenvalue weighted by Crippen LogP contribution is -2.47. The molecule has 0 aromatic heterocycles. The van der Waals surface area contributed by atoms with Crippen molar-refractivity contribution in [1.82, 2.24) is 10.6 Å². The summed E-state index contributed by atoms with van der Waals surface area (Å²) in [6.07, 6.45) is 0.826. The molecule has 1 amide bonds. The summed E-state index contributed by atoms with van der Waals surface area (Å²) in [6.45, 7) is 3.24. The van der Waals surface area contributed by atoms with E-state index in [0.29, 0.717) is 0 Å². The standard InChI is InChI=1S/C21H26F2N2O2/c1-4-21(2,3)25-18(26)14-24-19(15-8-6-5-7-9-15)16-10-12-17(13-11-16)27-20(22)23/h5-13,19-20,24H,4,14H2,1-3H3,(H,25,26). The zero-order valence-electron chi connectivity index (χ0n) is 15.8. The topological polar surface area (TPSA) is 50.4 Å². The van der Waals surface area contributed by atoms with E-state index in [9.17, 15) is 13.6 Å². The SMILES string of the molecule is CCC(C)(C)NC(=O)CNC(c1ccccc1)c1ccc(OC(F)F)cc1. The lowest BCUT2D eigenvalue weighted by Gasteiger charge is -2.26. The zero-order valence-corrected chi connectivity index (χ0v) is 15.8. The molecule has 2 aromatic rings. The van der Waals surface area contributed by atoms with Crippen LogP contribution in [0.15, 0.2) is 54.6 Å². The minimum Gasteiger partial charge on any atom is -0.435 e. The first-order valence-corrected chi connectivity index (χ1v) is 8.95. The van der Waals surface area contributed by atoms with Gasteiger partial charge in [-0.2, -0.15) is 8.78 Å². The highest BCUT2D eigenvalue weighted by Gasteiger charge is 2.20. The molecule has 27 heavy (non-hydrogen) atoms. The Hall–Kier alpha value is -2.47. The first-order valence-electron chi connectivity index (χ1n) is 8.95. The van der Waals surface area contributed by atoms with Crippen molar-refractivity contribution in [2.45, 2.75) is 45.4 Å². The smallest absolute Gasteiger partial charge is 0.387 e. The van der Waals surface area contributed by atoms with E-state index in [1.165, 1.54) is 12.1 Å². The third-order valence-corrected chi connectivity index (χ3v) is 4.40. The first-order chi connectivity index (χ1) is 12.8. The zero-order chi connectivity index (χ0) is 19.9. The lowest BCUT2D eigenvalue weighted by atomic mass is 9.98. The number of carbonyl (C=O) groups is 1. The van der Waals surface area contributed by atoms with Crippen molar-refractivity contribution in [3.8, 4) is 5.75 Å². The van der Waals surface area contributed by atoms with Gasteiger partial charge < -0.3 is 10.1 Å². The summed E-state index contributed by atoms with van der Waals surface area (Å²) < 4.78 is 29.1. The second kappa shape index (κ2) is 9.46. The molecule has 0 spiro atoms. The summed E-state index contributed by atoms with van der Waals surface area (Å²) in [5, 5.41) is 6.25. The van der Waals surface area contributed by atoms with Crippen LogP contribution in [-0.2, 0) is 4.79 Å². The minimum atomic E-state index is -2.86. The van der Waals surface area contributed by atoms with Gasteiger partial charge in [-0.25, -0.2) is 0 Å². The van der Waals surface area contributed by atoms with Gasteiger partial charge in [0.05, 0.1) is 12.6 Å². The van der Waals surface area contributed by atoms with E-state index in [0.717, 1.165) is 17.5 Å². The van der Waals surface area contributed by atoms with Crippen molar-refractivity contribution in [2.24, 2.45) is 0 Å². The molecule has 0 heterocycles. The van der Waals surface area contributed by atoms with Gasteiger partial charge in [0, 0.05) is 5.54 Å². The van der Waals surface area contributed by atoms with Crippen molar-refractivity contribution in [3.63, 3.8) is 0 Å². The van der Waals surface area contributed by atoms with Gasteiger partial charge in [0.25, 0.3) is 0 Å². The van der Waals surface area contributed by atoms with Gasteiger partial charge in [0.2, 0.25) is 5.91 Å². The highest BCUT2D eigenvalue weighted by Crippen LogP contribution is 2.24. The Morgan fingerprint density at radius 1 is 1.04 bits per heavy atom. The molecule has 2 N–H and O–H groups in total. The van der Waals surface area contributed by atoms with Gasteiger partial charge in [-0.15, -0.1) is 0 Å². The highest BCUT2D eigenvalue weighted by molar-refractivity contribution is 5.78. The molecule has 0 saturated carbocycles. The van der Waals surface area contributed by atoms with Crippen LogP contribution < -0.4 is 15.4 Å². The minimum absolute atomic E-state index is 0.0968. The molecule has 0 aliphatic rings.